The minimum Gasteiger partial charge on any atom is -0.306 e. The minimum absolute atomic E-state index is 0. The first-order valence-electron chi connectivity index (χ1n) is 3.42. The normalized spacial score (nSPS) is 33.1. The van der Waals surface area contributed by atoms with E-state index in [4.69, 9.17) is 0 Å². The molecular weight excluding hydrogens is 110 g/mol. The van der Waals surface area contributed by atoms with Crippen LogP contribution in [-0.4, -0.2) is 6.54 Å². The van der Waals surface area contributed by atoms with E-state index in [9.17, 15) is 0 Å². The molecule has 1 radical (unpaired) electrons. The zero-order valence-corrected chi connectivity index (χ0v) is 5.30. The average molecular weight is 122 g/mol. The lowest BCUT2D eigenvalue weighted by molar-refractivity contribution is 0.742. The van der Waals surface area contributed by atoms with Gasteiger partial charge >= 0.3 is 0 Å². The van der Waals surface area contributed by atoms with Gasteiger partial charge in [-0.15, -0.1) is 0 Å². The summed E-state index contributed by atoms with van der Waals surface area (Å²) in [5.41, 5.74) is 0. The molecule has 49 valence electrons. The van der Waals surface area contributed by atoms with Gasteiger partial charge in [0.05, 0.1) is 6.04 Å². The molecule has 1 saturated heterocycles. The van der Waals surface area contributed by atoms with Crippen molar-refractivity contribution in [3.8, 4) is 0 Å². The molecule has 0 spiro atoms. The van der Waals surface area contributed by atoms with Gasteiger partial charge in [0.15, 0.2) is 0 Å². The third kappa shape index (κ3) is 0.815. The van der Waals surface area contributed by atoms with Gasteiger partial charge in [-0.1, -0.05) is 24.3 Å². The third-order valence-electron chi connectivity index (χ3n) is 1.91. The molecule has 1 aliphatic carbocycles. The number of nitrogens with one attached hydrogen (secondary N) is 1. The van der Waals surface area contributed by atoms with Crippen molar-refractivity contribution in [3.05, 3.63) is 30.3 Å². The monoisotopic (exact) mass is 122 g/mol. The molecule has 1 aliphatic heterocycles. The standard InChI is InChI=1S/C8H10N.H2/c1-2-4-8-7(3-1)5-6-9-8;/h1-4,7,9H,5-6H2;1H. The lowest BCUT2D eigenvalue weighted by atomic mass is 9.97. The predicted octanol–water partition coefficient (Wildman–Crippen LogP) is 1.50. The van der Waals surface area contributed by atoms with Gasteiger partial charge in [0.1, 0.15) is 0 Å². The summed E-state index contributed by atoms with van der Waals surface area (Å²) in [6, 6.07) is 1.40. The summed E-state index contributed by atoms with van der Waals surface area (Å²) >= 11 is 0. The second-order valence-electron chi connectivity index (χ2n) is 2.52. The fourth-order valence-electron chi connectivity index (χ4n) is 1.40. The Hall–Kier alpha value is -0.560. The Morgan fingerprint density at radius 1 is 1.56 bits per heavy atom. The molecular formula is C8H12N. The maximum Gasteiger partial charge on any atom is 0.0658 e. The van der Waals surface area contributed by atoms with Crippen LogP contribution >= 0.6 is 0 Å². The first-order chi connectivity index (χ1) is 4.47. The molecule has 1 heteroatoms. The highest BCUT2D eigenvalue weighted by molar-refractivity contribution is 5.28. The highest BCUT2D eigenvalue weighted by Gasteiger charge is 2.23. The van der Waals surface area contributed by atoms with Crippen LogP contribution in [0.25, 0.3) is 0 Å². The highest BCUT2D eigenvalue weighted by atomic mass is 14.9. The van der Waals surface area contributed by atoms with Crippen molar-refractivity contribution in [2.45, 2.75) is 6.42 Å². The fourth-order valence-corrected chi connectivity index (χ4v) is 1.40. The van der Waals surface area contributed by atoms with Gasteiger partial charge in [0.25, 0.3) is 0 Å². The molecule has 2 rings (SSSR count). The third-order valence-corrected chi connectivity index (χ3v) is 1.91. The van der Waals surface area contributed by atoms with E-state index < -0.39 is 0 Å². The van der Waals surface area contributed by atoms with Gasteiger partial charge in [-0.05, 0) is 13.0 Å². The fraction of sp³-hybridized carbons (Fsp3) is 0.375. The van der Waals surface area contributed by atoms with E-state index in [0.29, 0.717) is 5.92 Å². The Morgan fingerprint density at radius 3 is 3.44 bits per heavy atom. The van der Waals surface area contributed by atoms with E-state index in [1.54, 1.807) is 0 Å². The number of hydrogen-bond acceptors (Lipinski definition) is 1. The number of allylic oxidation sites excluding steroid dienone is 2. The van der Waals surface area contributed by atoms with Gasteiger partial charge in [-0.25, -0.2) is 0 Å². The van der Waals surface area contributed by atoms with Crippen LogP contribution in [0, 0.1) is 12.0 Å². The van der Waals surface area contributed by atoms with Crippen LogP contribution in [0.3, 0.4) is 0 Å². The zero-order chi connectivity index (χ0) is 6.10. The number of hydrogen-bond donors (Lipinski definition) is 1. The Bertz CT molecular complexity index is 145. The first kappa shape index (κ1) is 5.24. The molecule has 0 bridgehead atoms. The van der Waals surface area contributed by atoms with E-state index in [1.807, 2.05) is 0 Å². The molecule has 0 aromatic heterocycles. The van der Waals surface area contributed by atoms with E-state index in [1.165, 1.54) is 12.5 Å². The second kappa shape index (κ2) is 1.99. The van der Waals surface area contributed by atoms with Gasteiger partial charge in [0.2, 0.25) is 0 Å². The smallest absolute Gasteiger partial charge is 0.0658 e. The van der Waals surface area contributed by atoms with E-state index >= 15 is 0 Å². The van der Waals surface area contributed by atoms with Crippen molar-refractivity contribution < 1.29 is 1.43 Å². The number of rotatable bonds is 0. The van der Waals surface area contributed by atoms with Gasteiger partial charge < -0.3 is 5.32 Å². The summed E-state index contributed by atoms with van der Waals surface area (Å²) in [4.78, 5) is 0. The first-order valence-corrected chi connectivity index (χ1v) is 3.42. The maximum atomic E-state index is 3.34. The molecule has 0 saturated carbocycles. The van der Waals surface area contributed by atoms with E-state index in [-0.39, 0.29) is 1.43 Å². The number of fused-ring (bicyclic) bond motifs is 1. The molecule has 9 heavy (non-hydrogen) atoms. The molecule has 1 unspecified atom stereocenters. The van der Waals surface area contributed by atoms with Crippen LogP contribution in [0.15, 0.2) is 24.3 Å². The lowest BCUT2D eigenvalue weighted by Gasteiger charge is -2.12. The Balaban J connectivity index is 0.000000500. The summed E-state index contributed by atoms with van der Waals surface area (Å²) in [5.74, 6) is 0.704. The summed E-state index contributed by atoms with van der Waals surface area (Å²) in [5, 5.41) is 3.34. The minimum atomic E-state index is 0. The van der Waals surface area contributed by atoms with Crippen LogP contribution < -0.4 is 5.32 Å². The molecule has 1 nitrogen and oxygen atoms in total. The molecule has 1 N–H and O–H groups in total. The van der Waals surface area contributed by atoms with Crippen LogP contribution in [0.1, 0.15) is 7.85 Å². The van der Waals surface area contributed by atoms with Crippen LogP contribution in [0.4, 0.5) is 0 Å². The lowest BCUT2D eigenvalue weighted by Crippen LogP contribution is -2.14. The molecule has 1 fully saturated rings. The summed E-state index contributed by atoms with van der Waals surface area (Å²) in [7, 11) is 0. The second-order valence-corrected chi connectivity index (χ2v) is 2.52. The van der Waals surface area contributed by atoms with Crippen molar-refractivity contribution in [1.29, 1.82) is 0 Å². The molecule has 1 heterocycles. The highest BCUT2D eigenvalue weighted by Crippen LogP contribution is 2.26. The van der Waals surface area contributed by atoms with Crippen molar-refractivity contribution in [3.63, 3.8) is 0 Å². The van der Waals surface area contributed by atoms with Crippen LogP contribution in [-0.2, 0) is 0 Å². The van der Waals surface area contributed by atoms with Crippen molar-refractivity contribution in [1.82, 2.24) is 5.32 Å². The largest absolute Gasteiger partial charge is 0.306 e. The van der Waals surface area contributed by atoms with E-state index in [0.717, 1.165) is 6.54 Å². The molecule has 0 aromatic rings. The molecule has 1 atom stereocenters. The van der Waals surface area contributed by atoms with Crippen molar-refractivity contribution in [2.24, 2.45) is 5.92 Å². The van der Waals surface area contributed by atoms with E-state index in [2.05, 4.69) is 29.6 Å². The predicted molar refractivity (Wildman–Crippen MR) is 39.7 cm³/mol. The Kier molecular flexibility index (Phi) is 1.16. The maximum absolute atomic E-state index is 3.34. The van der Waals surface area contributed by atoms with Gasteiger partial charge in [-0.3, -0.25) is 0 Å². The SMILES string of the molecule is C1=C[C]2NCCC2C=C1.[HH]. The topological polar surface area (TPSA) is 12.0 Å². The quantitative estimate of drug-likeness (QED) is 0.513. The Morgan fingerprint density at radius 2 is 2.56 bits per heavy atom. The average Bonchev–Trinajstić information content (AvgIpc) is 2.33. The Labute approximate surface area is 56.9 Å². The summed E-state index contributed by atoms with van der Waals surface area (Å²) in [6.45, 7) is 1.15. The molecule has 0 amide bonds. The summed E-state index contributed by atoms with van der Waals surface area (Å²) in [6.07, 6.45) is 9.91. The van der Waals surface area contributed by atoms with Gasteiger partial charge in [-0.2, -0.15) is 0 Å². The van der Waals surface area contributed by atoms with Crippen molar-refractivity contribution >= 4 is 0 Å². The molecule has 0 aromatic carbocycles. The van der Waals surface area contributed by atoms with Gasteiger partial charge in [0, 0.05) is 7.34 Å². The van der Waals surface area contributed by atoms with Crippen LogP contribution in [0.2, 0.25) is 0 Å². The van der Waals surface area contributed by atoms with Crippen LogP contribution in [0.5, 0.6) is 0 Å². The van der Waals surface area contributed by atoms with Crippen molar-refractivity contribution in [2.75, 3.05) is 6.54 Å². The summed E-state index contributed by atoms with van der Waals surface area (Å²) < 4.78 is 0. The zero-order valence-electron chi connectivity index (χ0n) is 5.30. The molecule has 2 aliphatic rings.